The molecule has 0 amide bonds. The number of aromatic nitrogens is 1. The van der Waals surface area contributed by atoms with Crippen molar-refractivity contribution in [2.45, 2.75) is 0 Å². The smallest absolute Gasteiger partial charge is 0.137 e. The van der Waals surface area contributed by atoms with E-state index in [1.54, 1.807) is 25.6 Å². The lowest BCUT2D eigenvalue weighted by Gasteiger charge is -2.06. The van der Waals surface area contributed by atoms with Crippen LogP contribution in [-0.2, 0) is 0 Å². The van der Waals surface area contributed by atoms with Crippen LogP contribution in [-0.4, -0.2) is 12.1 Å². The summed E-state index contributed by atoms with van der Waals surface area (Å²) in [5.74, 6) is 0.594. The summed E-state index contributed by atoms with van der Waals surface area (Å²) in [7, 11) is 1.56. The Bertz CT molecular complexity index is 529. The molecular formula is C13H10N2O. The van der Waals surface area contributed by atoms with Crippen molar-refractivity contribution < 1.29 is 4.74 Å². The third-order valence-electron chi connectivity index (χ3n) is 2.34. The number of hydrogen-bond acceptors (Lipinski definition) is 3. The molecule has 16 heavy (non-hydrogen) atoms. The molecule has 3 nitrogen and oxygen atoms in total. The van der Waals surface area contributed by atoms with Crippen molar-refractivity contribution in [2.75, 3.05) is 7.11 Å². The van der Waals surface area contributed by atoms with E-state index >= 15 is 0 Å². The number of nitrogens with zero attached hydrogens (tertiary/aromatic N) is 2. The van der Waals surface area contributed by atoms with Gasteiger partial charge in [0.1, 0.15) is 11.8 Å². The van der Waals surface area contributed by atoms with Crippen LogP contribution in [0.4, 0.5) is 0 Å². The second-order valence-corrected chi connectivity index (χ2v) is 3.26. The molecule has 0 aliphatic heterocycles. The number of methoxy groups -OCH3 is 1. The van der Waals surface area contributed by atoms with E-state index in [2.05, 4.69) is 11.1 Å². The second-order valence-electron chi connectivity index (χ2n) is 3.26. The molecule has 1 aromatic heterocycles. The number of nitriles is 1. The van der Waals surface area contributed by atoms with Gasteiger partial charge in [-0.1, -0.05) is 6.07 Å². The van der Waals surface area contributed by atoms with Gasteiger partial charge < -0.3 is 4.74 Å². The summed E-state index contributed by atoms with van der Waals surface area (Å²) in [6.45, 7) is 0. The normalized spacial score (nSPS) is 9.50. The number of benzene rings is 1. The van der Waals surface area contributed by atoms with Crippen molar-refractivity contribution in [3.05, 3.63) is 48.3 Å². The van der Waals surface area contributed by atoms with Crippen molar-refractivity contribution in [1.82, 2.24) is 4.98 Å². The molecule has 3 heteroatoms. The Morgan fingerprint density at radius 3 is 2.50 bits per heavy atom. The van der Waals surface area contributed by atoms with Crippen molar-refractivity contribution in [3.8, 4) is 22.9 Å². The van der Waals surface area contributed by atoms with Crippen LogP contribution >= 0.6 is 0 Å². The fourth-order valence-corrected chi connectivity index (χ4v) is 1.51. The largest absolute Gasteiger partial charge is 0.495 e. The minimum atomic E-state index is 0.542. The molecule has 0 N–H and O–H groups in total. The van der Waals surface area contributed by atoms with E-state index in [-0.39, 0.29) is 0 Å². The first-order valence-electron chi connectivity index (χ1n) is 4.83. The molecule has 78 valence electrons. The topological polar surface area (TPSA) is 45.9 Å². The molecule has 1 heterocycles. The van der Waals surface area contributed by atoms with E-state index in [1.807, 2.05) is 24.3 Å². The Morgan fingerprint density at radius 2 is 1.88 bits per heavy atom. The second kappa shape index (κ2) is 4.45. The first-order valence-corrected chi connectivity index (χ1v) is 4.83. The quantitative estimate of drug-likeness (QED) is 0.765. The highest BCUT2D eigenvalue weighted by Gasteiger charge is 2.04. The molecular weight excluding hydrogens is 200 g/mol. The van der Waals surface area contributed by atoms with Crippen molar-refractivity contribution in [1.29, 1.82) is 5.26 Å². The number of ether oxygens (including phenoxy) is 1. The zero-order chi connectivity index (χ0) is 11.4. The van der Waals surface area contributed by atoms with Crippen molar-refractivity contribution in [3.63, 3.8) is 0 Å². The molecule has 0 spiro atoms. The number of rotatable bonds is 2. The SMILES string of the molecule is COc1cc(-c2ccncc2)ccc1C#N. The first kappa shape index (κ1) is 10.2. The van der Waals surface area contributed by atoms with Crippen LogP contribution in [0.2, 0.25) is 0 Å². The van der Waals surface area contributed by atoms with Gasteiger partial charge in [-0.3, -0.25) is 4.98 Å². The highest BCUT2D eigenvalue weighted by atomic mass is 16.5. The molecule has 0 atom stereocenters. The third kappa shape index (κ3) is 1.86. The summed E-state index contributed by atoms with van der Waals surface area (Å²) in [5, 5.41) is 8.87. The van der Waals surface area contributed by atoms with E-state index in [9.17, 15) is 0 Å². The molecule has 2 aromatic rings. The van der Waals surface area contributed by atoms with E-state index < -0.39 is 0 Å². The maximum atomic E-state index is 8.87. The third-order valence-corrected chi connectivity index (χ3v) is 2.34. The zero-order valence-electron chi connectivity index (χ0n) is 8.84. The molecule has 0 fully saturated rings. The van der Waals surface area contributed by atoms with Gasteiger partial charge in [0.05, 0.1) is 12.7 Å². The maximum Gasteiger partial charge on any atom is 0.137 e. The standard InChI is InChI=1S/C13H10N2O/c1-16-13-8-11(2-3-12(13)9-14)10-4-6-15-7-5-10/h2-8H,1H3. The summed E-state index contributed by atoms with van der Waals surface area (Å²) in [6, 6.07) is 11.4. The fourth-order valence-electron chi connectivity index (χ4n) is 1.51. The van der Waals surface area contributed by atoms with Crippen LogP contribution in [0.1, 0.15) is 5.56 Å². The molecule has 0 unspecified atom stereocenters. The van der Waals surface area contributed by atoms with Gasteiger partial charge >= 0.3 is 0 Å². The number of pyridine rings is 1. The van der Waals surface area contributed by atoms with Gasteiger partial charge in [-0.25, -0.2) is 0 Å². The van der Waals surface area contributed by atoms with E-state index in [0.29, 0.717) is 11.3 Å². The van der Waals surface area contributed by atoms with Gasteiger partial charge in [0, 0.05) is 12.4 Å². The predicted molar refractivity (Wildman–Crippen MR) is 60.9 cm³/mol. The lowest BCUT2D eigenvalue weighted by atomic mass is 10.0. The van der Waals surface area contributed by atoms with E-state index in [0.717, 1.165) is 11.1 Å². The lowest BCUT2D eigenvalue weighted by molar-refractivity contribution is 0.413. The molecule has 2 rings (SSSR count). The fraction of sp³-hybridized carbons (Fsp3) is 0.0769. The molecule has 1 aromatic carbocycles. The highest BCUT2D eigenvalue weighted by molar-refractivity contribution is 5.66. The molecule has 0 saturated carbocycles. The van der Waals surface area contributed by atoms with Gasteiger partial charge in [-0.15, -0.1) is 0 Å². The monoisotopic (exact) mass is 210 g/mol. The Balaban J connectivity index is 2.49. The van der Waals surface area contributed by atoms with E-state index in [4.69, 9.17) is 10.00 Å². The van der Waals surface area contributed by atoms with Crippen LogP contribution in [0.3, 0.4) is 0 Å². The summed E-state index contributed by atoms with van der Waals surface area (Å²) >= 11 is 0. The summed E-state index contributed by atoms with van der Waals surface area (Å²) < 4.78 is 5.16. The average Bonchev–Trinajstić information content (AvgIpc) is 2.39. The van der Waals surface area contributed by atoms with Gasteiger partial charge in [0.2, 0.25) is 0 Å². The molecule has 0 bridgehead atoms. The highest BCUT2D eigenvalue weighted by Crippen LogP contribution is 2.26. The molecule has 0 aliphatic carbocycles. The zero-order valence-corrected chi connectivity index (χ0v) is 8.84. The van der Waals surface area contributed by atoms with Crippen LogP contribution in [0.15, 0.2) is 42.7 Å². The molecule has 0 aliphatic rings. The summed E-state index contributed by atoms with van der Waals surface area (Å²) in [6.07, 6.45) is 3.47. The Hall–Kier alpha value is -2.34. The Labute approximate surface area is 93.9 Å². The predicted octanol–water partition coefficient (Wildman–Crippen LogP) is 2.63. The Morgan fingerprint density at radius 1 is 1.12 bits per heavy atom. The van der Waals surface area contributed by atoms with E-state index in [1.165, 1.54) is 0 Å². The van der Waals surface area contributed by atoms with Crippen molar-refractivity contribution >= 4 is 0 Å². The average molecular weight is 210 g/mol. The van der Waals surface area contributed by atoms with Crippen LogP contribution in [0.5, 0.6) is 5.75 Å². The lowest BCUT2D eigenvalue weighted by Crippen LogP contribution is -1.88. The summed E-state index contributed by atoms with van der Waals surface area (Å²) in [4.78, 5) is 3.96. The minimum absolute atomic E-state index is 0.542. The first-order chi connectivity index (χ1) is 7.85. The minimum Gasteiger partial charge on any atom is -0.495 e. The molecule has 0 saturated heterocycles. The maximum absolute atomic E-state index is 8.87. The van der Waals surface area contributed by atoms with Gasteiger partial charge in [0.15, 0.2) is 0 Å². The van der Waals surface area contributed by atoms with Gasteiger partial charge in [-0.2, -0.15) is 5.26 Å². The van der Waals surface area contributed by atoms with Crippen LogP contribution in [0, 0.1) is 11.3 Å². The van der Waals surface area contributed by atoms with Crippen LogP contribution in [0.25, 0.3) is 11.1 Å². The van der Waals surface area contributed by atoms with Gasteiger partial charge in [-0.05, 0) is 35.4 Å². The van der Waals surface area contributed by atoms with Crippen LogP contribution < -0.4 is 4.74 Å². The van der Waals surface area contributed by atoms with Crippen molar-refractivity contribution in [2.24, 2.45) is 0 Å². The molecule has 0 radical (unpaired) electrons. The Kier molecular flexibility index (Phi) is 2.84. The number of hydrogen-bond donors (Lipinski definition) is 0. The summed E-state index contributed by atoms with van der Waals surface area (Å²) in [5.41, 5.74) is 2.61. The van der Waals surface area contributed by atoms with Gasteiger partial charge in [0.25, 0.3) is 0 Å².